The lowest BCUT2D eigenvalue weighted by Crippen LogP contribution is -2.27. The highest BCUT2D eigenvalue weighted by atomic mass is 32.2. The summed E-state index contributed by atoms with van der Waals surface area (Å²) in [5.41, 5.74) is 1.76. The zero-order chi connectivity index (χ0) is 19.2. The second-order valence-electron chi connectivity index (χ2n) is 6.41. The summed E-state index contributed by atoms with van der Waals surface area (Å²) in [7, 11) is 0. The van der Waals surface area contributed by atoms with Crippen LogP contribution in [0, 0.1) is 11.7 Å². The van der Waals surface area contributed by atoms with Gasteiger partial charge in [-0.3, -0.25) is 4.79 Å². The summed E-state index contributed by atoms with van der Waals surface area (Å²) >= 11 is 1.40. The number of amidine groups is 1. The SMILES string of the molecule is CC(C)C1S/C(=N/N=C/c2ccc(OCc3ccc(F)cc3)cc2)NC1=O. The average molecular weight is 385 g/mol. The minimum absolute atomic E-state index is 0.0217. The Morgan fingerprint density at radius 2 is 1.89 bits per heavy atom. The van der Waals surface area contributed by atoms with E-state index < -0.39 is 0 Å². The summed E-state index contributed by atoms with van der Waals surface area (Å²) in [4.78, 5) is 11.8. The number of hydrogen-bond donors (Lipinski definition) is 1. The van der Waals surface area contributed by atoms with E-state index in [0.29, 0.717) is 17.5 Å². The fourth-order valence-electron chi connectivity index (χ4n) is 2.41. The maximum Gasteiger partial charge on any atom is 0.239 e. The van der Waals surface area contributed by atoms with Gasteiger partial charge in [0.05, 0.1) is 11.5 Å². The van der Waals surface area contributed by atoms with Gasteiger partial charge in [-0.15, -0.1) is 5.10 Å². The topological polar surface area (TPSA) is 63.1 Å². The molecule has 1 amide bonds. The molecule has 0 spiro atoms. The van der Waals surface area contributed by atoms with Crippen molar-refractivity contribution in [2.45, 2.75) is 25.7 Å². The van der Waals surface area contributed by atoms with Gasteiger partial charge in [0.1, 0.15) is 18.2 Å². The van der Waals surface area contributed by atoms with Crippen LogP contribution >= 0.6 is 11.8 Å². The van der Waals surface area contributed by atoms with Gasteiger partial charge in [0, 0.05) is 0 Å². The summed E-state index contributed by atoms with van der Waals surface area (Å²) in [6.07, 6.45) is 1.62. The molecule has 1 fully saturated rings. The van der Waals surface area contributed by atoms with Crippen LogP contribution in [0.15, 0.2) is 58.7 Å². The second kappa shape index (κ2) is 8.81. The molecule has 0 aliphatic carbocycles. The first-order chi connectivity index (χ1) is 13.0. The Hall–Kier alpha value is -2.67. The minimum Gasteiger partial charge on any atom is -0.489 e. The molecule has 2 aromatic rings. The number of rotatable bonds is 6. The van der Waals surface area contributed by atoms with E-state index in [4.69, 9.17) is 4.74 Å². The fraction of sp³-hybridized carbons (Fsp3) is 0.250. The molecule has 0 saturated carbocycles. The Labute approximate surface area is 161 Å². The third kappa shape index (κ3) is 5.40. The van der Waals surface area contributed by atoms with Gasteiger partial charge in [-0.1, -0.05) is 37.7 Å². The first-order valence-corrected chi connectivity index (χ1v) is 9.45. The number of hydrogen-bond acceptors (Lipinski definition) is 5. The van der Waals surface area contributed by atoms with Crippen LogP contribution in [0.5, 0.6) is 5.75 Å². The van der Waals surface area contributed by atoms with Crippen LogP contribution in [0.2, 0.25) is 0 Å². The first-order valence-electron chi connectivity index (χ1n) is 8.57. The maximum absolute atomic E-state index is 12.9. The maximum atomic E-state index is 12.9. The molecule has 1 unspecified atom stereocenters. The molecule has 0 bridgehead atoms. The highest BCUT2D eigenvalue weighted by Gasteiger charge is 2.32. The quantitative estimate of drug-likeness (QED) is 0.604. The number of carbonyl (C=O) groups is 1. The van der Waals surface area contributed by atoms with Gasteiger partial charge in [0.2, 0.25) is 5.91 Å². The summed E-state index contributed by atoms with van der Waals surface area (Å²) in [6, 6.07) is 13.6. The Balaban J connectivity index is 1.53. The molecule has 27 heavy (non-hydrogen) atoms. The molecule has 140 valence electrons. The molecule has 1 N–H and O–H groups in total. The van der Waals surface area contributed by atoms with Gasteiger partial charge < -0.3 is 10.1 Å². The lowest BCUT2D eigenvalue weighted by Gasteiger charge is -2.07. The smallest absolute Gasteiger partial charge is 0.239 e. The molecular formula is C20H20FN3O2S. The lowest BCUT2D eigenvalue weighted by atomic mass is 10.1. The highest BCUT2D eigenvalue weighted by Crippen LogP contribution is 2.25. The predicted molar refractivity (Wildman–Crippen MR) is 107 cm³/mol. The van der Waals surface area contributed by atoms with Gasteiger partial charge >= 0.3 is 0 Å². The van der Waals surface area contributed by atoms with Crippen molar-refractivity contribution < 1.29 is 13.9 Å². The Morgan fingerprint density at radius 3 is 2.52 bits per heavy atom. The van der Waals surface area contributed by atoms with Crippen LogP contribution in [0.1, 0.15) is 25.0 Å². The van der Waals surface area contributed by atoms with Crippen LogP contribution in [0.3, 0.4) is 0 Å². The van der Waals surface area contributed by atoms with Crippen LogP contribution in [-0.4, -0.2) is 22.5 Å². The number of halogens is 1. The number of nitrogens with zero attached hydrogens (tertiary/aromatic N) is 2. The number of carbonyl (C=O) groups excluding carboxylic acids is 1. The van der Waals surface area contributed by atoms with E-state index in [-0.39, 0.29) is 22.9 Å². The van der Waals surface area contributed by atoms with Crippen molar-refractivity contribution in [3.05, 3.63) is 65.5 Å². The van der Waals surface area contributed by atoms with Crippen LogP contribution in [0.4, 0.5) is 4.39 Å². The Kier molecular flexibility index (Phi) is 6.24. The largest absolute Gasteiger partial charge is 0.489 e. The molecular weight excluding hydrogens is 365 g/mol. The van der Waals surface area contributed by atoms with Gasteiger partial charge in [-0.05, 0) is 53.4 Å². The van der Waals surface area contributed by atoms with Crippen molar-refractivity contribution in [2.75, 3.05) is 0 Å². The monoisotopic (exact) mass is 385 g/mol. The molecule has 1 aliphatic rings. The van der Waals surface area contributed by atoms with E-state index in [1.165, 1.54) is 23.9 Å². The van der Waals surface area contributed by atoms with Crippen molar-refractivity contribution in [3.8, 4) is 5.75 Å². The van der Waals surface area contributed by atoms with E-state index in [0.717, 1.165) is 11.1 Å². The number of ether oxygens (including phenoxy) is 1. The van der Waals surface area contributed by atoms with E-state index in [1.807, 2.05) is 38.1 Å². The lowest BCUT2D eigenvalue weighted by molar-refractivity contribution is -0.119. The standard InChI is InChI=1S/C20H20FN3O2S/c1-13(2)18-19(25)23-20(27-18)24-22-11-14-5-9-17(10-6-14)26-12-15-3-7-16(21)8-4-15/h3-11,13,18H,12H2,1-2H3,(H,23,24,25)/b22-11+. The van der Waals surface area contributed by atoms with Crippen LogP contribution in [0.25, 0.3) is 0 Å². The third-order valence-corrected chi connectivity index (χ3v) is 5.31. The molecule has 0 aromatic heterocycles. The van der Waals surface area contributed by atoms with Crippen molar-refractivity contribution >= 4 is 29.1 Å². The molecule has 1 atom stereocenters. The zero-order valence-corrected chi connectivity index (χ0v) is 15.9. The number of benzene rings is 2. The van der Waals surface area contributed by atoms with Crippen molar-refractivity contribution in [3.63, 3.8) is 0 Å². The molecule has 5 nitrogen and oxygen atoms in total. The van der Waals surface area contributed by atoms with E-state index in [2.05, 4.69) is 15.5 Å². The Bertz CT molecular complexity index is 849. The minimum atomic E-state index is -0.263. The third-order valence-electron chi connectivity index (χ3n) is 3.89. The molecule has 1 saturated heterocycles. The van der Waals surface area contributed by atoms with E-state index in [1.54, 1.807) is 18.3 Å². The summed E-state index contributed by atoms with van der Waals surface area (Å²) in [6.45, 7) is 4.38. The highest BCUT2D eigenvalue weighted by molar-refractivity contribution is 8.15. The first kappa shape index (κ1) is 19.1. The average Bonchev–Trinajstić information content (AvgIpc) is 3.03. The predicted octanol–water partition coefficient (Wildman–Crippen LogP) is 3.98. The van der Waals surface area contributed by atoms with Gasteiger partial charge in [0.15, 0.2) is 5.17 Å². The summed E-state index contributed by atoms with van der Waals surface area (Å²) in [5, 5.41) is 11.2. The zero-order valence-electron chi connectivity index (χ0n) is 15.1. The van der Waals surface area contributed by atoms with Crippen molar-refractivity contribution in [1.82, 2.24) is 5.32 Å². The Morgan fingerprint density at radius 1 is 1.19 bits per heavy atom. The van der Waals surface area contributed by atoms with Gasteiger partial charge in [0.25, 0.3) is 0 Å². The number of thioether (sulfide) groups is 1. The van der Waals surface area contributed by atoms with Crippen LogP contribution < -0.4 is 10.1 Å². The second-order valence-corrected chi connectivity index (χ2v) is 7.54. The molecule has 2 aromatic carbocycles. The summed E-state index contributed by atoms with van der Waals surface area (Å²) in [5.74, 6) is 0.670. The number of nitrogens with one attached hydrogen (secondary N) is 1. The van der Waals surface area contributed by atoms with Gasteiger partial charge in [-0.25, -0.2) is 4.39 Å². The van der Waals surface area contributed by atoms with Crippen molar-refractivity contribution in [2.24, 2.45) is 16.1 Å². The number of amides is 1. The molecule has 7 heteroatoms. The fourth-order valence-corrected chi connectivity index (χ4v) is 3.35. The summed E-state index contributed by atoms with van der Waals surface area (Å²) < 4.78 is 18.6. The van der Waals surface area contributed by atoms with Crippen LogP contribution in [-0.2, 0) is 11.4 Å². The van der Waals surface area contributed by atoms with Crippen molar-refractivity contribution in [1.29, 1.82) is 0 Å². The molecule has 0 radical (unpaired) electrons. The normalized spacial score (nSPS) is 18.4. The van der Waals surface area contributed by atoms with Gasteiger partial charge in [-0.2, -0.15) is 5.10 Å². The van der Waals surface area contributed by atoms with E-state index >= 15 is 0 Å². The molecule has 1 heterocycles. The van der Waals surface area contributed by atoms with E-state index in [9.17, 15) is 9.18 Å². The molecule has 1 aliphatic heterocycles. The molecule has 3 rings (SSSR count).